The summed E-state index contributed by atoms with van der Waals surface area (Å²) in [6.07, 6.45) is 4.12. The lowest BCUT2D eigenvalue weighted by Crippen LogP contribution is -2.44. The average Bonchev–Trinajstić information content (AvgIpc) is 2.45. The van der Waals surface area contributed by atoms with Gasteiger partial charge in [0, 0.05) is 11.6 Å². The van der Waals surface area contributed by atoms with Crippen LogP contribution in [0.5, 0.6) is 5.75 Å². The lowest BCUT2D eigenvalue weighted by molar-refractivity contribution is -0.124. The van der Waals surface area contributed by atoms with E-state index in [0.717, 1.165) is 37.0 Å². The fraction of sp³-hybridized carbons (Fsp3) is 0.588. The maximum Gasteiger partial charge on any atom is 0.258 e. The Labute approximate surface area is 127 Å². The minimum absolute atomic E-state index is 0.0391. The van der Waals surface area contributed by atoms with Crippen molar-refractivity contribution in [3.63, 3.8) is 0 Å². The summed E-state index contributed by atoms with van der Waals surface area (Å²) in [5.41, 5.74) is 8.41. The van der Waals surface area contributed by atoms with Crippen molar-refractivity contribution in [3.8, 4) is 5.75 Å². The van der Waals surface area contributed by atoms with Gasteiger partial charge in [0.1, 0.15) is 5.75 Å². The second kappa shape index (κ2) is 6.48. The number of benzene rings is 1. The molecule has 21 heavy (non-hydrogen) atoms. The number of nitrogens with one attached hydrogen (secondary N) is 1. The van der Waals surface area contributed by atoms with Crippen molar-refractivity contribution < 1.29 is 9.53 Å². The largest absolute Gasteiger partial charge is 0.484 e. The topological polar surface area (TPSA) is 64.3 Å². The number of hydrogen-bond acceptors (Lipinski definition) is 3. The highest BCUT2D eigenvalue weighted by Gasteiger charge is 2.19. The minimum atomic E-state index is -0.196. The number of amides is 1. The Bertz CT molecular complexity index is 512. The van der Waals surface area contributed by atoms with Gasteiger partial charge in [0.25, 0.3) is 5.91 Å². The van der Waals surface area contributed by atoms with Crippen LogP contribution >= 0.6 is 0 Å². The third-order valence-electron chi connectivity index (χ3n) is 4.21. The maximum atomic E-state index is 11.9. The standard InChI is InChI=1S/C17H26N2O2/c1-4-17(2,3)19-16(20)11-21-13-9-8-12-6-5-7-15(18)14(12)10-13/h8-10,15H,4-7,11,18H2,1-3H3,(H,19,20)/t15-/m0/s1. The lowest BCUT2D eigenvalue weighted by atomic mass is 9.88. The summed E-state index contributed by atoms with van der Waals surface area (Å²) in [6, 6.07) is 6.06. The molecule has 0 saturated heterocycles. The predicted molar refractivity (Wildman–Crippen MR) is 84.3 cm³/mol. The molecule has 1 aromatic carbocycles. The molecule has 4 heteroatoms. The Hall–Kier alpha value is -1.55. The highest BCUT2D eigenvalue weighted by Crippen LogP contribution is 2.30. The molecule has 116 valence electrons. The second-order valence-corrected chi connectivity index (χ2v) is 6.43. The molecule has 0 aliphatic heterocycles. The first-order valence-corrected chi connectivity index (χ1v) is 7.73. The molecule has 0 aromatic heterocycles. The molecule has 0 saturated carbocycles. The SMILES string of the molecule is CCC(C)(C)NC(=O)COc1ccc2c(c1)[C@@H](N)CCC2. The van der Waals surface area contributed by atoms with Crippen molar-refractivity contribution in [3.05, 3.63) is 29.3 Å². The number of carbonyl (C=O) groups is 1. The van der Waals surface area contributed by atoms with Crippen molar-refractivity contribution >= 4 is 5.91 Å². The first-order chi connectivity index (χ1) is 9.91. The Kier molecular flexibility index (Phi) is 4.88. The number of hydrogen-bond donors (Lipinski definition) is 2. The maximum absolute atomic E-state index is 11.9. The average molecular weight is 290 g/mol. The zero-order chi connectivity index (χ0) is 15.5. The molecular formula is C17H26N2O2. The van der Waals surface area contributed by atoms with Gasteiger partial charge in [-0.1, -0.05) is 13.0 Å². The molecule has 0 spiro atoms. The first-order valence-electron chi connectivity index (χ1n) is 7.73. The van der Waals surface area contributed by atoms with E-state index in [1.165, 1.54) is 5.56 Å². The van der Waals surface area contributed by atoms with Crippen molar-refractivity contribution in [2.45, 2.75) is 58.0 Å². The second-order valence-electron chi connectivity index (χ2n) is 6.43. The van der Waals surface area contributed by atoms with Crippen molar-refractivity contribution in [1.29, 1.82) is 0 Å². The summed E-state index contributed by atoms with van der Waals surface area (Å²) in [6.45, 7) is 6.09. The zero-order valence-corrected chi connectivity index (χ0v) is 13.2. The predicted octanol–water partition coefficient (Wildman–Crippen LogP) is 2.71. The monoisotopic (exact) mass is 290 g/mol. The van der Waals surface area contributed by atoms with Crippen LogP contribution in [0, 0.1) is 0 Å². The molecule has 2 rings (SSSR count). The van der Waals surface area contributed by atoms with Gasteiger partial charge in [-0.3, -0.25) is 4.79 Å². The van der Waals surface area contributed by atoms with Gasteiger partial charge in [0.2, 0.25) is 0 Å². The summed E-state index contributed by atoms with van der Waals surface area (Å²) >= 11 is 0. The fourth-order valence-electron chi connectivity index (χ4n) is 2.55. The van der Waals surface area contributed by atoms with Crippen LogP contribution in [-0.2, 0) is 11.2 Å². The summed E-state index contributed by atoms with van der Waals surface area (Å²) in [5, 5.41) is 2.96. The van der Waals surface area contributed by atoms with E-state index in [0.29, 0.717) is 0 Å². The summed E-state index contributed by atoms with van der Waals surface area (Å²) < 4.78 is 5.60. The molecular weight excluding hydrogens is 264 g/mol. The van der Waals surface area contributed by atoms with Crippen LogP contribution in [-0.4, -0.2) is 18.1 Å². The van der Waals surface area contributed by atoms with E-state index in [2.05, 4.69) is 11.4 Å². The smallest absolute Gasteiger partial charge is 0.258 e. The molecule has 3 N–H and O–H groups in total. The number of nitrogens with two attached hydrogens (primary N) is 1. The van der Waals surface area contributed by atoms with Crippen LogP contribution in [0.2, 0.25) is 0 Å². The van der Waals surface area contributed by atoms with Crippen LogP contribution in [0.1, 0.15) is 57.2 Å². The first kappa shape index (κ1) is 15.8. The molecule has 1 atom stereocenters. The van der Waals surface area contributed by atoms with Crippen LogP contribution in [0.15, 0.2) is 18.2 Å². The summed E-state index contributed by atoms with van der Waals surface area (Å²) in [4.78, 5) is 11.9. The minimum Gasteiger partial charge on any atom is -0.484 e. The Balaban J connectivity index is 1.95. The van der Waals surface area contributed by atoms with Crippen LogP contribution < -0.4 is 15.8 Å². The normalized spacial score (nSPS) is 18.0. The third kappa shape index (κ3) is 4.21. The molecule has 1 amide bonds. The van der Waals surface area contributed by atoms with Gasteiger partial charge < -0.3 is 15.8 Å². The van der Waals surface area contributed by atoms with E-state index in [1.807, 2.05) is 32.9 Å². The Morgan fingerprint density at radius 1 is 1.48 bits per heavy atom. The van der Waals surface area contributed by atoms with Crippen LogP contribution in [0.3, 0.4) is 0 Å². The molecule has 0 fully saturated rings. The van der Waals surface area contributed by atoms with Crippen molar-refractivity contribution in [1.82, 2.24) is 5.32 Å². The van der Waals surface area contributed by atoms with E-state index in [1.54, 1.807) is 0 Å². The molecule has 4 nitrogen and oxygen atoms in total. The number of aryl methyl sites for hydroxylation is 1. The van der Waals surface area contributed by atoms with Gasteiger partial charge >= 0.3 is 0 Å². The van der Waals surface area contributed by atoms with Gasteiger partial charge in [-0.2, -0.15) is 0 Å². The van der Waals surface area contributed by atoms with Gasteiger partial charge in [0.05, 0.1) is 0 Å². The van der Waals surface area contributed by atoms with Crippen molar-refractivity contribution in [2.75, 3.05) is 6.61 Å². The lowest BCUT2D eigenvalue weighted by Gasteiger charge is -2.25. The fourth-order valence-corrected chi connectivity index (χ4v) is 2.55. The van der Waals surface area contributed by atoms with E-state index in [4.69, 9.17) is 10.5 Å². The van der Waals surface area contributed by atoms with E-state index in [9.17, 15) is 4.79 Å². The Morgan fingerprint density at radius 2 is 2.24 bits per heavy atom. The van der Waals surface area contributed by atoms with Gasteiger partial charge in [-0.05, 0) is 62.8 Å². The van der Waals surface area contributed by atoms with Gasteiger partial charge in [-0.15, -0.1) is 0 Å². The molecule has 0 heterocycles. The summed E-state index contributed by atoms with van der Waals surface area (Å²) in [7, 11) is 0. The van der Waals surface area contributed by atoms with Gasteiger partial charge in [-0.25, -0.2) is 0 Å². The molecule has 1 aliphatic carbocycles. The molecule has 1 aliphatic rings. The zero-order valence-electron chi connectivity index (χ0n) is 13.2. The number of fused-ring (bicyclic) bond motifs is 1. The quantitative estimate of drug-likeness (QED) is 0.876. The number of rotatable bonds is 5. The van der Waals surface area contributed by atoms with Gasteiger partial charge in [0.15, 0.2) is 6.61 Å². The molecule has 0 bridgehead atoms. The van der Waals surface area contributed by atoms with Crippen molar-refractivity contribution in [2.24, 2.45) is 5.73 Å². The van der Waals surface area contributed by atoms with E-state index < -0.39 is 0 Å². The van der Waals surface area contributed by atoms with E-state index >= 15 is 0 Å². The molecule has 0 unspecified atom stereocenters. The number of carbonyl (C=O) groups excluding carboxylic acids is 1. The molecule has 1 aromatic rings. The number of ether oxygens (including phenoxy) is 1. The van der Waals surface area contributed by atoms with Crippen LogP contribution in [0.4, 0.5) is 0 Å². The van der Waals surface area contributed by atoms with E-state index in [-0.39, 0.29) is 24.1 Å². The highest BCUT2D eigenvalue weighted by atomic mass is 16.5. The molecule has 0 radical (unpaired) electrons. The Morgan fingerprint density at radius 3 is 2.95 bits per heavy atom. The highest BCUT2D eigenvalue weighted by molar-refractivity contribution is 5.78. The third-order valence-corrected chi connectivity index (χ3v) is 4.21. The summed E-state index contributed by atoms with van der Waals surface area (Å²) in [5.74, 6) is 0.624. The van der Waals surface area contributed by atoms with Crippen LogP contribution in [0.25, 0.3) is 0 Å².